The molecule has 1 aromatic carbocycles. The minimum atomic E-state index is -0.476. The normalized spacial score (nSPS) is 18.4. The van der Waals surface area contributed by atoms with Crippen LogP contribution in [0, 0.1) is 0 Å². The summed E-state index contributed by atoms with van der Waals surface area (Å²) in [6.45, 7) is 7.66. The Morgan fingerprint density at radius 3 is 2.48 bits per heavy atom. The van der Waals surface area contributed by atoms with Crippen molar-refractivity contribution in [3.05, 3.63) is 59.9 Å². The van der Waals surface area contributed by atoms with Crippen LogP contribution in [0.2, 0.25) is 0 Å². The topological polar surface area (TPSA) is 54.9 Å². The number of piperidine rings is 1. The van der Waals surface area contributed by atoms with Crippen LogP contribution < -0.4 is 4.90 Å². The van der Waals surface area contributed by atoms with Gasteiger partial charge in [-0.15, -0.1) is 0 Å². The zero-order chi connectivity index (χ0) is 20.3. The number of benzene rings is 1. The quantitative estimate of drug-likeness (QED) is 0.776. The van der Waals surface area contributed by atoms with Crippen LogP contribution in [0.4, 0.5) is 5.69 Å². The molecule has 4 rings (SSSR count). The number of hydrogen-bond donors (Lipinski definition) is 0. The van der Waals surface area contributed by atoms with Crippen LogP contribution in [0.15, 0.2) is 48.7 Å². The van der Waals surface area contributed by atoms with E-state index in [2.05, 4.69) is 48.0 Å². The standard InChI is InChI=1S/C23H29N3O3/c1-18(2)26(17-19-6-4-3-5-7-19)20-8-11-24-21(16-20)22(27)25-12-9-23(10-13-25)28-14-15-29-23/h3-8,11,16,18H,9-10,12-15,17H2,1-2H3. The summed E-state index contributed by atoms with van der Waals surface area (Å²) in [7, 11) is 0. The van der Waals surface area contributed by atoms with Crippen molar-refractivity contribution in [1.82, 2.24) is 9.88 Å². The van der Waals surface area contributed by atoms with Crippen LogP contribution in [0.3, 0.4) is 0 Å². The second kappa shape index (κ2) is 8.51. The fraction of sp³-hybridized carbons (Fsp3) is 0.478. The molecule has 154 valence electrons. The molecule has 2 aliphatic rings. The van der Waals surface area contributed by atoms with Crippen LogP contribution in [0.1, 0.15) is 42.7 Å². The number of carbonyl (C=O) groups excluding carboxylic acids is 1. The molecule has 1 spiro atoms. The Hall–Kier alpha value is -2.44. The van der Waals surface area contributed by atoms with Gasteiger partial charge in [-0.2, -0.15) is 0 Å². The molecule has 0 aliphatic carbocycles. The predicted octanol–water partition coefficient (Wildman–Crippen LogP) is 3.48. The molecule has 2 aliphatic heterocycles. The summed E-state index contributed by atoms with van der Waals surface area (Å²) >= 11 is 0. The molecule has 0 bridgehead atoms. The van der Waals surface area contributed by atoms with Gasteiger partial charge in [-0.3, -0.25) is 9.78 Å². The molecule has 0 radical (unpaired) electrons. The zero-order valence-corrected chi connectivity index (χ0v) is 17.2. The highest BCUT2D eigenvalue weighted by Gasteiger charge is 2.41. The number of hydrogen-bond acceptors (Lipinski definition) is 5. The molecule has 2 fully saturated rings. The van der Waals surface area contributed by atoms with Gasteiger partial charge in [0.1, 0.15) is 5.69 Å². The molecule has 6 heteroatoms. The summed E-state index contributed by atoms with van der Waals surface area (Å²) < 4.78 is 11.5. The zero-order valence-electron chi connectivity index (χ0n) is 17.2. The first-order valence-electron chi connectivity index (χ1n) is 10.4. The van der Waals surface area contributed by atoms with Crippen LogP contribution >= 0.6 is 0 Å². The SMILES string of the molecule is CC(C)N(Cc1ccccc1)c1ccnc(C(=O)N2CCC3(CC2)OCCO3)c1. The fourth-order valence-corrected chi connectivity index (χ4v) is 4.07. The van der Waals surface area contributed by atoms with Gasteiger partial charge < -0.3 is 19.3 Å². The first-order valence-corrected chi connectivity index (χ1v) is 10.4. The van der Waals surface area contributed by atoms with Crippen LogP contribution in [0.5, 0.6) is 0 Å². The third-order valence-electron chi connectivity index (χ3n) is 5.74. The highest BCUT2D eigenvalue weighted by molar-refractivity contribution is 5.93. The lowest BCUT2D eigenvalue weighted by Crippen LogP contribution is -2.47. The van der Waals surface area contributed by atoms with E-state index >= 15 is 0 Å². The Morgan fingerprint density at radius 2 is 1.83 bits per heavy atom. The van der Waals surface area contributed by atoms with E-state index in [1.54, 1.807) is 6.20 Å². The molecule has 0 saturated carbocycles. The first kappa shape index (κ1) is 19.9. The predicted molar refractivity (Wildman–Crippen MR) is 112 cm³/mol. The summed E-state index contributed by atoms with van der Waals surface area (Å²) in [4.78, 5) is 21.6. The van der Waals surface area contributed by atoms with Crippen molar-refractivity contribution < 1.29 is 14.3 Å². The van der Waals surface area contributed by atoms with E-state index in [9.17, 15) is 4.79 Å². The van der Waals surface area contributed by atoms with Gasteiger partial charge in [0.05, 0.1) is 13.2 Å². The van der Waals surface area contributed by atoms with E-state index in [1.165, 1.54) is 5.56 Å². The lowest BCUT2D eigenvalue weighted by atomic mass is 10.0. The van der Waals surface area contributed by atoms with Crippen LogP contribution in [0.25, 0.3) is 0 Å². The largest absolute Gasteiger partial charge is 0.365 e. The van der Waals surface area contributed by atoms with E-state index in [0.717, 1.165) is 12.2 Å². The highest BCUT2D eigenvalue weighted by Crippen LogP contribution is 2.32. The lowest BCUT2D eigenvalue weighted by Gasteiger charge is -2.37. The Kier molecular flexibility index (Phi) is 5.83. The molecule has 2 aromatic rings. The molecular weight excluding hydrogens is 366 g/mol. The van der Waals surface area contributed by atoms with E-state index < -0.39 is 5.79 Å². The fourth-order valence-electron chi connectivity index (χ4n) is 4.07. The van der Waals surface area contributed by atoms with E-state index in [4.69, 9.17) is 9.47 Å². The van der Waals surface area contributed by atoms with Crippen LogP contribution in [-0.2, 0) is 16.0 Å². The molecule has 1 amide bonds. The lowest BCUT2D eigenvalue weighted by molar-refractivity contribution is -0.181. The number of pyridine rings is 1. The first-order chi connectivity index (χ1) is 14.1. The van der Waals surface area contributed by atoms with Crippen molar-refractivity contribution in [1.29, 1.82) is 0 Å². The van der Waals surface area contributed by atoms with Crippen LogP contribution in [-0.4, -0.2) is 53.9 Å². The smallest absolute Gasteiger partial charge is 0.272 e. The Morgan fingerprint density at radius 1 is 1.14 bits per heavy atom. The number of rotatable bonds is 5. The molecule has 0 unspecified atom stereocenters. The average molecular weight is 396 g/mol. The Bertz CT molecular complexity index is 824. The number of aromatic nitrogens is 1. The summed E-state index contributed by atoms with van der Waals surface area (Å²) in [5.74, 6) is -0.501. The van der Waals surface area contributed by atoms with Gasteiger partial charge >= 0.3 is 0 Å². The maximum atomic E-state index is 13.1. The molecule has 29 heavy (non-hydrogen) atoms. The maximum absolute atomic E-state index is 13.1. The van der Waals surface area contributed by atoms with Crippen molar-refractivity contribution >= 4 is 11.6 Å². The third kappa shape index (κ3) is 4.43. The number of ether oxygens (including phenoxy) is 2. The molecule has 6 nitrogen and oxygen atoms in total. The highest BCUT2D eigenvalue weighted by atomic mass is 16.7. The summed E-state index contributed by atoms with van der Waals surface area (Å²) in [6.07, 6.45) is 3.16. The van der Waals surface area contributed by atoms with Gasteiger partial charge in [-0.25, -0.2) is 0 Å². The molecule has 1 aromatic heterocycles. The second-order valence-corrected chi connectivity index (χ2v) is 8.01. The summed E-state index contributed by atoms with van der Waals surface area (Å²) in [5, 5.41) is 0. The Labute approximate surface area is 172 Å². The third-order valence-corrected chi connectivity index (χ3v) is 5.74. The molecular formula is C23H29N3O3. The summed E-state index contributed by atoms with van der Waals surface area (Å²) in [5.41, 5.74) is 2.74. The maximum Gasteiger partial charge on any atom is 0.272 e. The monoisotopic (exact) mass is 395 g/mol. The number of carbonyl (C=O) groups is 1. The molecule has 2 saturated heterocycles. The number of amides is 1. The van der Waals surface area contributed by atoms with Gasteiger partial charge in [0, 0.05) is 50.4 Å². The van der Waals surface area contributed by atoms with Gasteiger partial charge in [-0.05, 0) is 31.5 Å². The Balaban J connectivity index is 1.47. The van der Waals surface area contributed by atoms with Crippen molar-refractivity contribution in [2.24, 2.45) is 0 Å². The minimum Gasteiger partial charge on any atom is -0.365 e. The van der Waals surface area contributed by atoms with Gasteiger partial charge in [0.15, 0.2) is 5.79 Å². The van der Waals surface area contributed by atoms with Crippen molar-refractivity contribution in [3.8, 4) is 0 Å². The van der Waals surface area contributed by atoms with Gasteiger partial charge in [0.25, 0.3) is 5.91 Å². The number of nitrogens with zero attached hydrogens (tertiary/aromatic N) is 3. The molecule has 0 N–H and O–H groups in total. The van der Waals surface area contributed by atoms with Crippen molar-refractivity contribution in [2.45, 2.75) is 45.1 Å². The van der Waals surface area contributed by atoms with E-state index in [0.29, 0.717) is 50.9 Å². The molecule has 0 atom stereocenters. The van der Waals surface area contributed by atoms with E-state index in [-0.39, 0.29) is 5.91 Å². The van der Waals surface area contributed by atoms with Gasteiger partial charge in [0.2, 0.25) is 0 Å². The average Bonchev–Trinajstić information content (AvgIpc) is 3.20. The van der Waals surface area contributed by atoms with Crippen molar-refractivity contribution in [2.75, 3.05) is 31.2 Å². The van der Waals surface area contributed by atoms with Gasteiger partial charge in [-0.1, -0.05) is 30.3 Å². The number of anilines is 1. The number of likely N-dealkylation sites (tertiary alicyclic amines) is 1. The molecule has 3 heterocycles. The minimum absolute atomic E-state index is 0.0249. The van der Waals surface area contributed by atoms with E-state index in [1.807, 2.05) is 23.1 Å². The van der Waals surface area contributed by atoms with Crippen molar-refractivity contribution in [3.63, 3.8) is 0 Å². The second-order valence-electron chi connectivity index (χ2n) is 8.01. The summed E-state index contributed by atoms with van der Waals surface area (Å²) in [6, 6.07) is 14.6.